The minimum Gasteiger partial charge on any atom is -0.453 e. The third-order valence-electron chi connectivity index (χ3n) is 3.38. The van der Waals surface area contributed by atoms with Crippen molar-refractivity contribution in [3.63, 3.8) is 0 Å². The summed E-state index contributed by atoms with van der Waals surface area (Å²) in [7, 11) is 4.12. The molecule has 3 nitrogen and oxygen atoms in total. The Morgan fingerprint density at radius 3 is 2.26 bits per heavy atom. The first-order valence-electron chi connectivity index (χ1n) is 7.70. The van der Waals surface area contributed by atoms with Crippen LogP contribution in [0, 0.1) is 0 Å². The van der Waals surface area contributed by atoms with Crippen LogP contribution in [0.5, 0.6) is 0 Å². The third kappa shape index (κ3) is 6.08. The van der Waals surface area contributed by atoms with E-state index >= 15 is 0 Å². The molecule has 2 rings (SSSR count). The van der Waals surface area contributed by atoms with E-state index < -0.39 is 0 Å². The minimum atomic E-state index is -0.271. The number of benzene rings is 2. The van der Waals surface area contributed by atoms with Crippen LogP contribution in [0.2, 0.25) is 0 Å². The molecule has 2 aromatic rings. The Morgan fingerprint density at radius 2 is 1.65 bits per heavy atom. The van der Waals surface area contributed by atoms with Crippen LogP contribution in [0.25, 0.3) is 0 Å². The predicted octanol–water partition coefficient (Wildman–Crippen LogP) is 3.88. The fraction of sp³-hybridized carbons (Fsp3) is 0.316. The Kier molecular flexibility index (Phi) is 7.17. The topological polar surface area (TPSA) is 29.5 Å². The van der Waals surface area contributed by atoms with E-state index in [0.717, 1.165) is 23.6 Å². The van der Waals surface area contributed by atoms with Crippen LogP contribution in [0.15, 0.2) is 60.7 Å². The Hall–Kier alpha value is -1.78. The maximum atomic E-state index is 12.3. The van der Waals surface area contributed by atoms with Gasteiger partial charge >= 0.3 is 5.97 Å². The molecule has 0 radical (unpaired) electrons. The van der Waals surface area contributed by atoms with Crippen molar-refractivity contribution in [2.45, 2.75) is 6.10 Å². The Balaban J connectivity index is 2.00. The van der Waals surface area contributed by atoms with Crippen LogP contribution < -0.4 is 0 Å². The van der Waals surface area contributed by atoms with E-state index in [1.807, 2.05) is 48.5 Å². The summed E-state index contributed by atoms with van der Waals surface area (Å²) in [6.45, 7) is 1.01. The average Bonchev–Trinajstić information content (AvgIpc) is 2.58. The highest BCUT2D eigenvalue weighted by Gasteiger charge is 2.17. The molecule has 0 bridgehead atoms. The van der Waals surface area contributed by atoms with Crippen LogP contribution in [0.1, 0.15) is 22.0 Å². The molecule has 0 fully saturated rings. The lowest BCUT2D eigenvalue weighted by molar-refractivity contribution is 0.0347. The predicted molar refractivity (Wildman–Crippen MR) is 96.9 cm³/mol. The second kappa shape index (κ2) is 9.38. The molecule has 0 saturated carbocycles. The van der Waals surface area contributed by atoms with Gasteiger partial charge in [-0.2, -0.15) is 11.8 Å². The van der Waals surface area contributed by atoms with Gasteiger partial charge in [-0.05, 0) is 31.8 Å². The number of hydrogen-bond donors (Lipinski definition) is 0. The summed E-state index contributed by atoms with van der Waals surface area (Å²) in [5.41, 5.74) is 1.63. The van der Waals surface area contributed by atoms with Gasteiger partial charge in [0.25, 0.3) is 0 Å². The van der Waals surface area contributed by atoms with E-state index in [-0.39, 0.29) is 12.1 Å². The minimum absolute atomic E-state index is 0.226. The summed E-state index contributed by atoms with van der Waals surface area (Å²) in [6.07, 6.45) is -0.226. The van der Waals surface area contributed by atoms with Gasteiger partial charge in [0.2, 0.25) is 0 Å². The summed E-state index contributed by atoms with van der Waals surface area (Å²) >= 11 is 1.80. The molecule has 0 heterocycles. The van der Waals surface area contributed by atoms with Gasteiger partial charge in [0.05, 0.1) is 5.56 Å². The third-order valence-corrected chi connectivity index (χ3v) is 4.39. The van der Waals surface area contributed by atoms with E-state index in [2.05, 4.69) is 19.0 Å². The zero-order valence-corrected chi connectivity index (χ0v) is 14.5. The summed E-state index contributed by atoms with van der Waals surface area (Å²) < 4.78 is 5.76. The van der Waals surface area contributed by atoms with Gasteiger partial charge in [-0.1, -0.05) is 48.5 Å². The number of carbonyl (C=O) groups is 1. The molecule has 0 aliphatic carbocycles. The molecule has 0 aliphatic heterocycles. The zero-order valence-electron chi connectivity index (χ0n) is 13.6. The fourth-order valence-electron chi connectivity index (χ4n) is 2.07. The van der Waals surface area contributed by atoms with Crippen LogP contribution >= 0.6 is 11.8 Å². The molecule has 0 saturated heterocycles. The average molecular weight is 329 g/mol. The van der Waals surface area contributed by atoms with Crippen molar-refractivity contribution < 1.29 is 9.53 Å². The van der Waals surface area contributed by atoms with Gasteiger partial charge in [0.1, 0.15) is 6.10 Å². The van der Waals surface area contributed by atoms with Gasteiger partial charge in [-0.15, -0.1) is 0 Å². The summed E-state index contributed by atoms with van der Waals surface area (Å²) in [4.78, 5) is 14.5. The molecule has 122 valence electrons. The fourth-order valence-corrected chi connectivity index (χ4v) is 3.21. The van der Waals surface area contributed by atoms with E-state index in [4.69, 9.17) is 4.74 Å². The molecular weight excluding hydrogens is 306 g/mol. The molecule has 1 unspecified atom stereocenters. The first-order chi connectivity index (χ1) is 11.2. The molecule has 0 aromatic heterocycles. The van der Waals surface area contributed by atoms with Crippen molar-refractivity contribution in [3.05, 3.63) is 71.8 Å². The zero-order chi connectivity index (χ0) is 16.5. The van der Waals surface area contributed by atoms with Crippen molar-refractivity contribution in [3.8, 4) is 0 Å². The van der Waals surface area contributed by atoms with Crippen LogP contribution in [0.4, 0.5) is 0 Å². The van der Waals surface area contributed by atoms with Gasteiger partial charge in [0, 0.05) is 18.1 Å². The van der Waals surface area contributed by atoms with Crippen molar-refractivity contribution >= 4 is 17.7 Å². The van der Waals surface area contributed by atoms with Crippen molar-refractivity contribution in [1.29, 1.82) is 0 Å². The first-order valence-corrected chi connectivity index (χ1v) is 8.85. The number of thioether (sulfide) groups is 1. The number of nitrogens with zero attached hydrogens (tertiary/aromatic N) is 1. The number of hydrogen-bond acceptors (Lipinski definition) is 4. The van der Waals surface area contributed by atoms with Gasteiger partial charge in [0.15, 0.2) is 0 Å². The van der Waals surface area contributed by atoms with E-state index in [1.54, 1.807) is 23.9 Å². The molecule has 1 atom stereocenters. The summed E-state index contributed by atoms with van der Waals surface area (Å²) in [5, 5.41) is 0. The van der Waals surface area contributed by atoms with Gasteiger partial charge in [-0.25, -0.2) is 4.79 Å². The van der Waals surface area contributed by atoms with Crippen LogP contribution in [-0.2, 0) is 4.74 Å². The van der Waals surface area contributed by atoms with Crippen LogP contribution in [0.3, 0.4) is 0 Å². The lowest BCUT2D eigenvalue weighted by Gasteiger charge is -2.19. The normalized spacial score (nSPS) is 12.1. The second-order valence-electron chi connectivity index (χ2n) is 5.55. The van der Waals surface area contributed by atoms with Gasteiger partial charge < -0.3 is 9.64 Å². The van der Waals surface area contributed by atoms with Crippen molar-refractivity contribution in [2.24, 2.45) is 0 Å². The Morgan fingerprint density at radius 1 is 1.04 bits per heavy atom. The van der Waals surface area contributed by atoms with Gasteiger partial charge in [-0.3, -0.25) is 0 Å². The summed E-state index contributed by atoms with van der Waals surface area (Å²) in [5.74, 6) is 1.50. The quantitative estimate of drug-likeness (QED) is 0.543. The number of rotatable bonds is 8. The first kappa shape index (κ1) is 17.6. The van der Waals surface area contributed by atoms with E-state index in [1.165, 1.54) is 0 Å². The Labute approximate surface area is 142 Å². The number of esters is 1. The standard InChI is InChI=1S/C19H23NO2S/c1-20(2)13-14-23-15-18(16-9-5-3-6-10-16)22-19(21)17-11-7-4-8-12-17/h3-12,18H,13-15H2,1-2H3. The molecule has 0 amide bonds. The number of ether oxygens (including phenoxy) is 1. The maximum Gasteiger partial charge on any atom is 0.338 e. The highest BCUT2D eigenvalue weighted by atomic mass is 32.2. The largest absolute Gasteiger partial charge is 0.453 e. The monoisotopic (exact) mass is 329 g/mol. The molecule has 0 spiro atoms. The van der Waals surface area contributed by atoms with Crippen molar-refractivity contribution in [2.75, 3.05) is 32.1 Å². The molecule has 0 N–H and O–H groups in total. The number of carbonyl (C=O) groups excluding carboxylic acids is 1. The SMILES string of the molecule is CN(C)CCSCC(OC(=O)c1ccccc1)c1ccccc1. The Bertz CT molecular complexity index is 587. The molecule has 2 aromatic carbocycles. The van der Waals surface area contributed by atoms with E-state index in [9.17, 15) is 4.79 Å². The molecule has 4 heteroatoms. The maximum absolute atomic E-state index is 12.3. The van der Waals surface area contributed by atoms with Crippen LogP contribution in [-0.4, -0.2) is 43.0 Å². The highest BCUT2D eigenvalue weighted by molar-refractivity contribution is 7.99. The summed E-state index contributed by atoms with van der Waals surface area (Å²) in [6, 6.07) is 19.1. The van der Waals surface area contributed by atoms with Crippen molar-refractivity contribution in [1.82, 2.24) is 4.90 Å². The van der Waals surface area contributed by atoms with E-state index in [0.29, 0.717) is 5.56 Å². The molecule has 0 aliphatic rings. The lowest BCUT2D eigenvalue weighted by Crippen LogP contribution is -2.17. The second-order valence-corrected chi connectivity index (χ2v) is 6.70. The lowest BCUT2D eigenvalue weighted by atomic mass is 10.1. The highest BCUT2D eigenvalue weighted by Crippen LogP contribution is 2.23. The molecular formula is C19H23NO2S. The smallest absolute Gasteiger partial charge is 0.338 e. The molecule has 23 heavy (non-hydrogen) atoms.